The Morgan fingerprint density at radius 1 is 1.26 bits per heavy atom. The molecule has 1 aromatic carbocycles. The van der Waals surface area contributed by atoms with E-state index in [9.17, 15) is 23.9 Å². The van der Waals surface area contributed by atoms with Gasteiger partial charge in [-0.25, -0.2) is 9.18 Å². The quantitative estimate of drug-likeness (QED) is 0.313. The first-order valence-electron chi connectivity index (χ1n) is 12.2. The van der Waals surface area contributed by atoms with E-state index in [1.807, 2.05) is 0 Å². The average Bonchev–Trinajstić information content (AvgIpc) is 3.63. The Morgan fingerprint density at radius 2 is 2.00 bits per heavy atom. The van der Waals surface area contributed by atoms with Crippen LogP contribution in [0.2, 0.25) is 0 Å². The van der Waals surface area contributed by atoms with E-state index in [4.69, 9.17) is 9.47 Å². The lowest BCUT2D eigenvalue weighted by Gasteiger charge is -2.27. The van der Waals surface area contributed by atoms with E-state index in [1.54, 1.807) is 13.8 Å². The van der Waals surface area contributed by atoms with E-state index in [0.29, 0.717) is 26.7 Å². The van der Waals surface area contributed by atoms with Gasteiger partial charge in [-0.3, -0.25) is 18.7 Å². The van der Waals surface area contributed by atoms with Crippen molar-refractivity contribution in [3.63, 3.8) is 0 Å². The molecule has 0 radical (unpaired) electrons. The summed E-state index contributed by atoms with van der Waals surface area (Å²) in [7, 11) is 1.43. The topological polar surface area (TPSA) is 142 Å². The van der Waals surface area contributed by atoms with Crippen LogP contribution in [0, 0.1) is 12.7 Å². The molecule has 1 aliphatic rings. The zero-order chi connectivity index (χ0) is 27.9. The van der Waals surface area contributed by atoms with Crippen molar-refractivity contribution in [1.82, 2.24) is 29.4 Å². The third-order valence-electron chi connectivity index (χ3n) is 6.83. The van der Waals surface area contributed by atoms with E-state index < -0.39 is 28.7 Å². The predicted octanol–water partition coefficient (Wildman–Crippen LogP) is 1.25. The Morgan fingerprint density at radius 3 is 2.64 bits per heavy atom. The molecule has 1 fully saturated rings. The largest absolute Gasteiger partial charge is 0.496 e. The van der Waals surface area contributed by atoms with Gasteiger partial charge in [0.25, 0.3) is 5.56 Å². The number of halogens is 1. The van der Waals surface area contributed by atoms with Crippen LogP contribution in [0.15, 0.2) is 40.2 Å². The second kappa shape index (κ2) is 10.4. The lowest BCUT2D eigenvalue weighted by Crippen LogP contribution is -2.51. The molecule has 1 saturated heterocycles. The molecule has 2 atom stereocenters. The molecule has 5 rings (SSSR count). The highest BCUT2D eigenvalue weighted by atomic mass is 32.1. The molecular formula is C25H27FN6O6S. The van der Waals surface area contributed by atoms with E-state index in [-0.39, 0.29) is 44.0 Å². The Kier molecular flexibility index (Phi) is 7.09. The molecule has 1 amide bonds. The number of hydrogen-bond acceptors (Lipinski definition) is 9. The molecule has 0 aliphatic carbocycles. The van der Waals surface area contributed by atoms with Crippen molar-refractivity contribution in [2.24, 2.45) is 0 Å². The number of nitrogens with zero attached hydrogens (tertiary/aromatic N) is 5. The van der Waals surface area contributed by atoms with Crippen LogP contribution in [0.4, 0.5) is 4.39 Å². The van der Waals surface area contributed by atoms with Crippen LogP contribution in [0.1, 0.15) is 30.6 Å². The maximum Gasteiger partial charge on any atom is 0.332 e. The monoisotopic (exact) mass is 558 g/mol. The van der Waals surface area contributed by atoms with Crippen molar-refractivity contribution in [3.8, 4) is 10.8 Å². The van der Waals surface area contributed by atoms with Crippen molar-refractivity contribution < 1.29 is 23.8 Å². The van der Waals surface area contributed by atoms with Crippen LogP contribution in [0.3, 0.4) is 0 Å². The number of aliphatic hydroxyl groups is 1. The minimum Gasteiger partial charge on any atom is -0.496 e. The van der Waals surface area contributed by atoms with Crippen LogP contribution in [0.5, 0.6) is 5.75 Å². The van der Waals surface area contributed by atoms with Gasteiger partial charge in [-0.1, -0.05) is 11.3 Å². The van der Waals surface area contributed by atoms with Gasteiger partial charge in [0.2, 0.25) is 5.91 Å². The van der Waals surface area contributed by atoms with Gasteiger partial charge in [0.1, 0.15) is 27.5 Å². The number of aliphatic hydroxyl groups excluding tert-OH is 1. The minimum absolute atomic E-state index is 0.0490. The Labute approximate surface area is 225 Å². The number of aryl methyl sites for hydroxylation is 1. The van der Waals surface area contributed by atoms with E-state index in [0.717, 1.165) is 15.9 Å². The Balaban J connectivity index is 1.78. The fraction of sp³-hybridized carbons (Fsp3) is 0.400. The highest BCUT2D eigenvalue weighted by molar-refractivity contribution is 7.21. The number of ether oxygens (including phenoxy) is 2. The zero-order valence-electron chi connectivity index (χ0n) is 21.5. The van der Waals surface area contributed by atoms with Gasteiger partial charge >= 0.3 is 5.69 Å². The van der Waals surface area contributed by atoms with Crippen LogP contribution < -0.4 is 21.3 Å². The molecule has 0 saturated carbocycles. The summed E-state index contributed by atoms with van der Waals surface area (Å²) >= 11 is 1.16. The summed E-state index contributed by atoms with van der Waals surface area (Å²) in [6.07, 6.45) is 2.02. The van der Waals surface area contributed by atoms with Gasteiger partial charge in [0.15, 0.2) is 0 Å². The van der Waals surface area contributed by atoms with Gasteiger partial charge in [-0.05, 0) is 32.0 Å². The minimum atomic E-state index is -1.11. The molecule has 0 unspecified atom stereocenters. The van der Waals surface area contributed by atoms with Gasteiger partial charge < -0.3 is 19.9 Å². The van der Waals surface area contributed by atoms with E-state index in [2.05, 4.69) is 15.5 Å². The van der Waals surface area contributed by atoms with Gasteiger partial charge in [-0.15, -0.1) is 4.80 Å². The highest BCUT2D eigenvalue weighted by Crippen LogP contribution is 2.34. The van der Waals surface area contributed by atoms with Gasteiger partial charge in [-0.2, -0.15) is 10.2 Å². The fourth-order valence-corrected chi connectivity index (χ4v) is 6.18. The molecule has 1 aliphatic heterocycles. The summed E-state index contributed by atoms with van der Waals surface area (Å²) < 4.78 is 28.2. The molecule has 4 heterocycles. The first-order valence-corrected chi connectivity index (χ1v) is 13.0. The molecule has 12 nitrogen and oxygen atoms in total. The van der Waals surface area contributed by atoms with Crippen molar-refractivity contribution in [1.29, 1.82) is 0 Å². The number of rotatable bonds is 9. The SMILES string of the molecule is COc1ccc(F)cc1[C@H](Cn1c(=O)n([C@@]2(C)CNC(=O)C2)c(=O)c2c(C)c(-n3nccn3)sc21)OCCO. The lowest BCUT2D eigenvalue weighted by molar-refractivity contribution is -0.119. The molecular weight excluding hydrogens is 531 g/mol. The second-order valence-corrected chi connectivity index (χ2v) is 10.5. The third-order valence-corrected chi connectivity index (χ3v) is 8.11. The van der Waals surface area contributed by atoms with E-state index in [1.165, 1.54) is 47.1 Å². The summed E-state index contributed by atoms with van der Waals surface area (Å²) in [4.78, 5) is 41.9. The average molecular weight is 559 g/mol. The zero-order valence-corrected chi connectivity index (χ0v) is 22.3. The van der Waals surface area contributed by atoms with Crippen molar-refractivity contribution in [3.05, 3.63) is 68.4 Å². The normalized spacial score (nSPS) is 18.0. The first-order chi connectivity index (χ1) is 18.7. The number of benzene rings is 1. The Bertz CT molecular complexity index is 1660. The maximum absolute atomic E-state index is 14.3. The number of nitrogens with one attached hydrogen (secondary N) is 1. The summed E-state index contributed by atoms with van der Waals surface area (Å²) in [6.45, 7) is 2.98. The standard InChI is InChI=1S/C25H27FN6O6S/c1-14-20-21(35)31(25(2)11-19(34)27-13-25)24(36)30(23(20)39-22(14)32-28-6-7-29-32)12-18(38-9-8-33)16-10-15(26)4-5-17(16)37-3/h4-7,10,18,33H,8-9,11-13H2,1-3H3,(H,27,34)/t18-,25+/m0/s1. The molecule has 3 aromatic heterocycles. The number of fused-ring (bicyclic) bond motifs is 1. The number of methoxy groups -OCH3 is 1. The second-order valence-electron chi connectivity index (χ2n) is 9.48. The lowest BCUT2D eigenvalue weighted by atomic mass is 10.0. The van der Waals surface area contributed by atoms with Crippen LogP contribution >= 0.6 is 11.3 Å². The molecule has 0 bridgehead atoms. The molecule has 4 aromatic rings. The van der Waals surface area contributed by atoms with Gasteiger partial charge in [0.05, 0.1) is 56.6 Å². The third kappa shape index (κ3) is 4.64. The van der Waals surface area contributed by atoms with Crippen molar-refractivity contribution >= 4 is 27.5 Å². The van der Waals surface area contributed by atoms with Crippen molar-refractivity contribution in [2.75, 3.05) is 26.9 Å². The van der Waals surface area contributed by atoms with Crippen LogP contribution in [0.25, 0.3) is 15.2 Å². The summed E-state index contributed by atoms with van der Waals surface area (Å²) in [6, 6.07) is 3.94. The maximum atomic E-state index is 14.3. The van der Waals surface area contributed by atoms with Gasteiger partial charge in [0, 0.05) is 17.7 Å². The molecule has 39 heavy (non-hydrogen) atoms. The number of carbonyl (C=O) groups excluding carboxylic acids is 1. The highest BCUT2D eigenvalue weighted by Gasteiger charge is 2.40. The number of thiophene rings is 1. The molecule has 0 spiro atoms. The molecule has 206 valence electrons. The number of hydrogen-bond donors (Lipinski definition) is 2. The number of amides is 1. The number of aromatic nitrogens is 5. The molecule has 2 N–H and O–H groups in total. The summed E-state index contributed by atoms with van der Waals surface area (Å²) in [5.41, 5.74) is -1.41. The fourth-order valence-electron chi connectivity index (χ4n) is 4.96. The van der Waals surface area contributed by atoms with Crippen LogP contribution in [-0.2, 0) is 21.6 Å². The van der Waals surface area contributed by atoms with E-state index >= 15 is 0 Å². The summed E-state index contributed by atoms with van der Waals surface area (Å²) in [5, 5.41) is 21.4. The summed E-state index contributed by atoms with van der Waals surface area (Å²) in [5.74, 6) is -0.473. The number of carbonyl (C=O) groups is 1. The van der Waals surface area contributed by atoms with Crippen LogP contribution in [-0.4, -0.2) is 62.0 Å². The van der Waals surface area contributed by atoms with Crippen molar-refractivity contribution in [2.45, 2.75) is 38.5 Å². The Hall–Kier alpha value is -3.88. The molecule has 14 heteroatoms. The smallest absolute Gasteiger partial charge is 0.332 e. The predicted molar refractivity (Wildman–Crippen MR) is 140 cm³/mol. The first kappa shape index (κ1) is 26.7.